The topological polar surface area (TPSA) is 58.2 Å². The maximum atomic E-state index is 13.1. The van der Waals surface area contributed by atoms with Crippen molar-refractivity contribution in [2.45, 2.75) is 46.0 Å². The van der Waals surface area contributed by atoms with E-state index in [1.54, 1.807) is 13.0 Å². The molecule has 1 rings (SSSR count). The highest BCUT2D eigenvalue weighted by Crippen LogP contribution is 2.15. The molecule has 116 valence electrons. The Bertz CT molecular complexity index is 489. The maximum absolute atomic E-state index is 13.1. The van der Waals surface area contributed by atoms with Gasteiger partial charge in [0.25, 0.3) is 0 Å². The number of hydrogen-bond acceptors (Lipinski definition) is 2. The van der Waals surface area contributed by atoms with Crippen LogP contribution < -0.4 is 10.6 Å². The fraction of sp³-hybridized carbons (Fsp3) is 0.500. The summed E-state index contributed by atoms with van der Waals surface area (Å²) in [5, 5.41) is 4.99. The highest BCUT2D eigenvalue weighted by Gasteiger charge is 2.14. The van der Waals surface area contributed by atoms with Crippen LogP contribution in [0.5, 0.6) is 0 Å². The number of amides is 2. The number of nitrogens with one attached hydrogen (secondary N) is 2. The smallest absolute Gasteiger partial charge is 0.313 e. The summed E-state index contributed by atoms with van der Waals surface area (Å²) >= 11 is 0. The quantitative estimate of drug-likeness (QED) is 0.599. The minimum absolute atomic E-state index is 0.318. The molecular weight excluding hydrogens is 271 g/mol. The minimum atomic E-state index is -0.766. The van der Waals surface area contributed by atoms with E-state index in [0.29, 0.717) is 17.8 Å². The van der Waals surface area contributed by atoms with E-state index in [1.807, 2.05) is 0 Å². The van der Waals surface area contributed by atoms with Crippen molar-refractivity contribution in [3.05, 3.63) is 29.6 Å². The van der Waals surface area contributed by atoms with Crippen LogP contribution in [-0.2, 0) is 9.59 Å². The third kappa shape index (κ3) is 6.38. The second-order valence-corrected chi connectivity index (χ2v) is 5.08. The largest absolute Gasteiger partial charge is 0.348 e. The fourth-order valence-electron chi connectivity index (χ4n) is 1.92. The number of unbranched alkanes of at least 4 members (excludes halogenated alkanes) is 4. The number of hydrogen-bond donors (Lipinski definition) is 2. The molecule has 0 atom stereocenters. The zero-order valence-corrected chi connectivity index (χ0v) is 12.7. The van der Waals surface area contributed by atoms with Gasteiger partial charge in [-0.1, -0.05) is 38.7 Å². The summed E-state index contributed by atoms with van der Waals surface area (Å²) < 4.78 is 13.1. The Labute approximate surface area is 125 Å². The number of carbonyl (C=O) groups is 2. The lowest BCUT2D eigenvalue weighted by molar-refractivity contribution is -0.136. The Morgan fingerprint density at radius 2 is 1.81 bits per heavy atom. The van der Waals surface area contributed by atoms with E-state index in [1.165, 1.54) is 25.0 Å². The summed E-state index contributed by atoms with van der Waals surface area (Å²) in [6, 6.07) is 4.06. The number of benzene rings is 1. The van der Waals surface area contributed by atoms with Gasteiger partial charge in [0, 0.05) is 12.2 Å². The second kappa shape index (κ2) is 9.10. The Morgan fingerprint density at radius 1 is 1.10 bits per heavy atom. The lowest BCUT2D eigenvalue weighted by Gasteiger charge is -2.09. The highest BCUT2D eigenvalue weighted by atomic mass is 19.1. The van der Waals surface area contributed by atoms with Crippen molar-refractivity contribution < 1.29 is 14.0 Å². The number of anilines is 1. The molecule has 2 N–H and O–H groups in total. The Hall–Kier alpha value is -1.91. The van der Waals surface area contributed by atoms with Crippen LogP contribution >= 0.6 is 0 Å². The third-order valence-electron chi connectivity index (χ3n) is 3.22. The van der Waals surface area contributed by atoms with Crippen LogP contribution in [0.1, 0.15) is 44.6 Å². The van der Waals surface area contributed by atoms with E-state index in [4.69, 9.17) is 0 Å². The van der Waals surface area contributed by atoms with Crippen LogP contribution in [-0.4, -0.2) is 18.4 Å². The van der Waals surface area contributed by atoms with Gasteiger partial charge >= 0.3 is 11.8 Å². The lowest BCUT2D eigenvalue weighted by atomic mass is 10.1. The van der Waals surface area contributed by atoms with Gasteiger partial charge in [-0.15, -0.1) is 0 Å². The summed E-state index contributed by atoms with van der Waals surface area (Å²) in [5.41, 5.74) is 1.02. The monoisotopic (exact) mass is 294 g/mol. The molecule has 0 saturated carbocycles. The summed E-state index contributed by atoms with van der Waals surface area (Å²) in [6.07, 6.45) is 5.40. The third-order valence-corrected chi connectivity index (χ3v) is 3.22. The van der Waals surface area contributed by atoms with Crippen LogP contribution in [0.15, 0.2) is 18.2 Å². The zero-order valence-electron chi connectivity index (χ0n) is 12.7. The number of carbonyl (C=O) groups excluding carboxylic acids is 2. The number of rotatable bonds is 7. The molecule has 0 spiro atoms. The average molecular weight is 294 g/mol. The molecule has 0 aromatic heterocycles. The zero-order chi connectivity index (χ0) is 15.7. The molecule has 0 bridgehead atoms. The minimum Gasteiger partial charge on any atom is -0.348 e. The fourth-order valence-corrected chi connectivity index (χ4v) is 1.92. The molecule has 0 saturated heterocycles. The van der Waals surface area contributed by atoms with Crippen molar-refractivity contribution in [2.75, 3.05) is 11.9 Å². The first-order chi connectivity index (χ1) is 10.0. The summed E-state index contributed by atoms with van der Waals surface area (Å²) in [4.78, 5) is 23.3. The Kier molecular flexibility index (Phi) is 7.43. The van der Waals surface area contributed by atoms with Crippen LogP contribution in [0.3, 0.4) is 0 Å². The van der Waals surface area contributed by atoms with Crippen molar-refractivity contribution in [1.82, 2.24) is 5.32 Å². The van der Waals surface area contributed by atoms with Crippen molar-refractivity contribution >= 4 is 17.5 Å². The van der Waals surface area contributed by atoms with E-state index in [2.05, 4.69) is 17.6 Å². The normalized spacial score (nSPS) is 10.2. The number of aryl methyl sites for hydroxylation is 1. The van der Waals surface area contributed by atoms with Gasteiger partial charge in [0.05, 0.1) is 0 Å². The highest BCUT2D eigenvalue weighted by molar-refractivity contribution is 6.39. The SMILES string of the molecule is CCCCCCCNC(=O)C(=O)Nc1cc(F)ccc1C. The van der Waals surface area contributed by atoms with Gasteiger partial charge in [-0.25, -0.2) is 4.39 Å². The van der Waals surface area contributed by atoms with E-state index >= 15 is 0 Å². The predicted molar refractivity (Wildman–Crippen MR) is 81.5 cm³/mol. The molecule has 5 heteroatoms. The van der Waals surface area contributed by atoms with Crippen molar-refractivity contribution in [3.8, 4) is 0 Å². The van der Waals surface area contributed by atoms with Crippen LogP contribution in [0.4, 0.5) is 10.1 Å². The van der Waals surface area contributed by atoms with Crippen LogP contribution in [0.2, 0.25) is 0 Å². The molecule has 0 radical (unpaired) electrons. The molecule has 0 unspecified atom stereocenters. The maximum Gasteiger partial charge on any atom is 0.313 e. The summed E-state index contributed by atoms with van der Waals surface area (Å²) in [5.74, 6) is -1.90. The molecular formula is C16H23FN2O2. The van der Waals surface area contributed by atoms with E-state index in [-0.39, 0.29) is 0 Å². The molecule has 4 nitrogen and oxygen atoms in total. The van der Waals surface area contributed by atoms with Gasteiger partial charge in [0.15, 0.2) is 0 Å². The predicted octanol–water partition coefficient (Wildman–Crippen LogP) is 3.16. The molecule has 1 aromatic carbocycles. The van der Waals surface area contributed by atoms with Gasteiger partial charge in [0.2, 0.25) is 0 Å². The van der Waals surface area contributed by atoms with Crippen LogP contribution in [0, 0.1) is 12.7 Å². The summed E-state index contributed by atoms with van der Waals surface area (Å²) in [7, 11) is 0. The molecule has 0 fully saturated rings. The van der Waals surface area contributed by atoms with Crippen molar-refractivity contribution in [1.29, 1.82) is 0 Å². The molecule has 1 aromatic rings. The molecule has 21 heavy (non-hydrogen) atoms. The molecule has 0 aliphatic heterocycles. The first kappa shape index (κ1) is 17.1. The standard InChI is InChI=1S/C16H23FN2O2/c1-3-4-5-6-7-10-18-15(20)16(21)19-14-11-13(17)9-8-12(14)2/h8-9,11H,3-7,10H2,1-2H3,(H,18,20)(H,19,21). The van der Waals surface area contributed by atoms with E-state index in [9.17, 15) is 14.0 Å². The van der Waals surface area contributed by atoms with Gasteiger partial charge in [-0.2, -0.15) is 0 Å². The molecule has 0 heterocycles. The first-order valence-electron chi connectivity index (χ1n) is 7.40. The number of halogens is 1. The van der Waals surface area contributed by atoms with E-state index in [0.717, 1.165) is 19.3 Å². The van der Waals surface area contributed by atoms with E-state index < -0.39 is 17.6 Å². The molecule has 0 aliphatic rings. The molecule has 0 aliphatic carbocycles. The average Bonchev–Trinajstić information content (AvgIpc) is 2.46. The van der Waals surface area contributed by atoms with Crippen LogP contribution in [0.25, 0.3) is 0 Å². The Balaban J connectivity index is 2.34. The Morgan fingerprint density at radius 3 is 2.52 bits per heavy atom. The first-order valence-corrected chi connectivity index (χ1v) is 7.40. The second-order valence-electron chi connectivity index (χ2n) is 5.08. The van der Waals surface area contributed by atoms with Gasteiger partial charge in [-0.3, -0.25) is 9.59 Å². The van der Waals surface area contributed by atoms with Crippen molar-refractivity contribution in [3.63, 3.8) is 0 Å². The molecule has 2 amide bonds. The van der Waals surface area contributed by atoms with Gasteiger partial charge in [-0.05, 0) is 31.0 Å². The van der Waals surface area contributed by atoms with Crippen molar-refractivity contribution in [2.24, 2.45) is 0 Å². The lowest BCUT2D eigenvalue weighted by Crippen LogP contribution is -2.36. The van der Waals surface area contributed by atoms with Gasteiger partial charge < -0.3 is 10.6 Å². The van der Waals surface area contributed by atoms with Gasteiger partial charge in [0.1, 0.15) is 5.82 Å². The summed E-state index contributed by atoms with van der Waals surface area (Å²) in [6.45, 7) is 4.36.